The smallest absolute Gasteiger partial charge is 0.343 e. The highest BCUT2D eigenvalue weighted by atomic mass is 16.5. The molecule has 0 spiro atoms. The Morgan fingerprint density at radius 3 is 2.05 bits per heavy atom. The van der Waals surface area contributed by atoms with E-state index in [2.05, 4.69) is 9.72 Å². The normalized spacial score (nSPS) is 9.74. The molecule has 0 aliphatic carbocycles. The molecule has 96 valence electrons. The second kappa shape index (κ2) is 5.77. The Hall–Kier alpha value is -2.69. The van der Waals surface area contributed by atoms with Crippen molar-refractivity contribution in [3.8, 4) is 5.75 Å². The SMILES string of the molecule is COC(=O)c1ccc(OC(=O)c2ccncc2)cc1. The van der Waals surface area contributed by atoms with Gasteiger partial charge >= 0.3 is 11.9 Å². The maximum atomic E-state index is 11.7. The van der Waals surface area contributed by atoms with E-state index in [0.29, 0.717) is 16.9 Å². The fourth-order valence-corrected chi connectivity index (χ4v) is 1.43. The minimum Gasteiger partial charge on any atom is -0.465 e. The number of nitrogens with zero attached hydrogens (tertiary/aromatic N) is 1. The molecule has 0 bridgehead atoms. The molecule has 2 rings (SSSR count). The number of benzene rings is 1. The predicted molar refractivity (Wildman–Crippen MR) is 67.0 cm³/mol. The predicted octanol–water partition coefficient (Wildman–Crippen LogP) is 2.09. The van der Waals surface area contributed by atoms with Crippen LogP contribution in [0.1, 0.15) is 20.7 Å². The summed E-state index contributed by atoms with van der Waals surface area (Å²) in [6, 6.07) is 9.25. The fourth-order valence-electron chi connectivity index (χ4n) is 1.43. The van der Waals surface area contributed by atoms with Crippen LogP contribution in [0, 0.1) is 0 Å². The van der Waals surface area contributed by atoms with Gasteiger partial charge in [0.15, 0.2) is 0 Å². The number of pyridine rings is 1. The van der Waals surface area contributed by atoms with Crippen molar-refractivity contribution in [2.45, 2.75) is 0 Å². The van der Waals surface area contributed by atoms with Crippen molar-refractivity contribution in [1.82, 2.24) is 4.98 Å². The lowest BCUT2D eigenvalue weighted by Crippen LogP contribution is -2.08. The molecule has 0 saturated heterocycles. The average molecular weight is 257 g/mol. The summed E-state index contributed by atoms with van der Waals surface area (Å²) in [5.41, 5.74) is 0.804. The van der Waals surface area contributed by atoms with Crippen molar-refractivity contribution in [3.63, 3.8) is 0 Å². The number of carbonyl (C=O) groups excluding carboxylic acids is 2. The van der Waals surface area contributed by atoms with Gasteiger partial charge in [0.05, 0.1) is 18.2 Å². The zero-order valence-electron chi connectivity index (χ0n) is 10.2. The molecular weight excluding hydrogens is 246 g/mol. The van der Waals surface area contributed by atoms with Crippen LogP contribution in [0.2, 0.25) is 0 Å². The van der Waals surface area contributed by atoms with E-state index in [0.717, 1.165) is 0 Å². The summed E-state index contributed by atoms with van der Waals surface area (Å²) < 4.78 is 9.72. The first-order valence-corrected chi connectivity index (χ1v) is 5.51. The standard InChI is InChI=1S/C14H11NO4/c1-18-13(16)10-2-4-12(5-3-10)19-14(17)11-6-8-15-9-7-11/h2-9H,1H3. The van der Waals surface area contributed by atoms with Crippen LogP contribution >= 0.6 is 0 Å². The number of aromatic nitrogens is 1. The van der Waals surface area contributed by atoms with E-state index in [1.165, 1.54) is 43.8 Å². The first-order chi connectivity index (χ1) is 9.20. The molecular formula is C14H11NO4. The van der Waals surface area contributed by atoms with E-state index in [1.54, 1.807) is 12.1 Å². The number of carbonyl (C=O) groups is 2. The molecule has 0 unspecified atom stereocenters. The lowest BCUT2D eigenvalue weighted by Gasteiger charge is -2.04. The Morgan fingerprint density at radius 1 is 0.895 bits per heavy atom. The zero-order valence-corrected chi connectivity index (χ0v) is 10.2. The maximum absolute atomic E-state index is 11.7. The molecule has 0 fully saturated rings. The molecule has 0 aliphatic rings. The maximum Gasteiger partial charge on any atom is 0.343 e. The molecule has 0 atom stereocenters. The summed E-state index contributed by atoms with van der Waals surface area (Å²) in [5, 5.41) is 0. The van der Waals surface area contributed by atoms with Crippen molar-refractivity contribution < 1.29 is 19.1 Å². The molecule has 2 aromatic rings. The van der Waals surface area contributed by atoms with E-state index in [4.69, 9.17) is 4.74 Å². The van der Waals surface area contributed by atoms with Gasteiger partial charge in [-0.2, -0.15) is 0 Å². The van der Waals surface area contributed by atoms with Gasteiger partial charge in [-0.1, -0.05) is 0 Å². The second-order valence-electron chi connectivity index (χ2n) is 3.64. The van der Waals surface area contributed by atoms with Crippen molar-refractivity contribution >= 4 is 11.9 Å². The number of ether oxygens (including phenoxy) is 2. The summed E-state index contributed by atoms with van der Waals surface area (Å²) in [6.07, 6.45) is 3.02. The van der Waals surface area contributed by atoms with Crippen LogP contribution in [-0.4, -0.2) is 24.0 Å². The van der Waals surface area contributed by atoms with Crippen LogP contribution in [-0.2, 0) is 4.74 Å². The molecule has 5 heteroatoms. The number of esters is 2. The monoisotopic (exact) mass is 257 g/mol. The molecule has 19 heavy (non-hydrogen) atoms. The first-order valence-electron chi connectivity index (χ1n) is 5.51. The van der Waals surface area contributed by atoms with Gasteiger partial charge in [-0.25, -0.2) is 9.59 Å². The molecule has 5 nitrogen and oxygen atoms in total. The van der Waals surface area contributed by atoms with Crippen molar-refractivity contribution in [1.29, 1.82) is 0 Å². The van der Waals surface area contributed by atoms with Crippen LogP contribution < -0.4 is 4.74 Å². The van der Waals surface area contributed by atoms with E-state index < -0.39 is 11.9 Å². The van der Waals surface area contributed by atoms with Gasteiger partial charge in [0.2, 0.25) is 0 Å². The summed E-state index contributed by atoms with van der Waals surface area (Å²) in [7, 11) is 1.31. The lowest BCUT2D eigenvalue weighted by molar-refractivity contribution is 0.0600. The third-order valence-electron chi connectivity index (χ3n) is 2.40. The minimum atomic E-state index is -0.479. The topological polar surface area (TPSA) is 65.5 Å². The van der Waals surface area contributed by atoms with Crippen molar-refractivity contribution in [2.24, 2.45) is 0 Å². The van der Waals surface area contributed by atoms with E-state index in [9.17, 15) is 9.59 Å². The van der Waals surface area contributed by atoms with Gasteiger partial charge in [0, 0.05) is 12.4 Å². The number of rotatable bonds is 3. The Balaban J connectivity index is 2.08. The Morgan fingerprint density at radius 2 is 1.47 bits per heavy atom. The Kier molecular flexibility index (Phi) is 3.87. The van der Waals surface area contributed by atoms with Crippen molar-refractivity contribution in [3.05, 3.63) is 59.9 Å². The number of methoxy groups -OCH3 is 1. The first kappa shape index (κ1) is 12.8. The van der Waals surface area contributed by atoms with Crippen molar-refractivity contribution in [2.75, 3.05) is 7.11 Å². The Bertz CT molecular complexity index is 578. The van der Waals surface area contributed by atoms with Crippen LogP contribution in [0.25, 0.3) is 0 Å². The molecule has 0 saturated carbocycles. The molecule has 0 aliphatic heterocycles. The van der Waals surface area contributed by atoms with Gasteiger partial charge < -0.3 is 9.47 Å². The molecule has 0 N–H and O–H groups in total. The largest absolute Gasteiger partial charge is 0.465 e. The van der Waals surface area contributed by atoms with Gasteiger partial charge in [-0.3, -0.25) is 4.98 Å². The molecule has 1 aromatic heterocycles. The summed E-state index contributed by atoms with van der Waals surface area (Å²) in [5.74, 6) is -0.560. The zero-order chi connectivity index (χ0) is 13.7. The average Bonchev–Trinajstić information content (AvgIpc) is 2.48. The highest BCUT2D eigenvalue weighted by Crippen LogP contribution is 2.14. The number of hydrogen-bond acceptors (Lipinski definition) is 5. The molecule has 1 heterocycles. The van der Waals surface area contributed by atoms with Crippen LogP contribution in [0.15, 0.2) is 48.8 Å². The summed E-state index contributed by atoms with van der Waals surface area (Å²) >= 11 is 0. The van der Waals surface area contributed by atoms with Crippen LogP contribution in [0.3, 0.4) is 0 Å². The highest BCUT2D eigenvalue weighted by molar-refractivity contribution is 5.91. The van der Waals surface area contributed by atoms with Gasteiger partial charge in [-0.15, -0.1) is 0 Å². The second-order valence-corrected chi connectivity index (χ2v) is 3.64. The van der Waals surface area contributed by atoms with E-state index >= 15 is 0 Å². The van der Waals surface area contributed by atoms with Crippen LogP contribution in [0.4, 0.5) is 0 Å². The molecule has 1 aromatic carbocycles. The quantitative estimate of drug-likeness (QED) is 0.622. The highest BCUT2D eigenvalue weighted by Gasteiger charge is 2.09. The molecule has 0 radical (unpaired) electrons. The Labute approximate surface area is 109 Å². The molecule has 0 amide bonds. The van der Waals surface area contributed by atoms with Crippen LogP contribution in [0.5, 0.6) is 5.75 Å². The summed E-state index contributed by atoms with van der Waals surface area (Å²) in [4.78, 5) is 26.8. The summed E-state index contributed by atoms with van der Waals surface area (Å²) in [6.45, 7) is 0. The van der Waals surface area contributed by atoms with Gasteiger partial charge in [0.25, 0.3) is 0 Å². The van der Waals surface area contributed by atoms with E-state index in [-0.39, 0.29) is 0 Å². The van der Waals surface area contributed by atoms with Gasteiger partial charge in [0.1, 0.15) is 5.75 Å². The van der Waals surface area contributed by atoms with Gasteiger partial charge in [-0.05, 0) is 36.4 Å². The third kappa shape index (κ3) is 3.16. The minimum absolute atomic E-state index is 0.356. The lowest BCUT2D eigenvalue weighted by atomic mass is 10.2. The fraction of sp³-hybridized carbons (Fsp3) is 0.0714. The third-order valence-corrected chi connectivity index (χ3v) is 2.40. The number of hydrogen-bond donors (Lipinski definition) is 0. The van der Waals surface area contributed by atoms with E-state index in [1.807, 2.05) is 0 Å².